The molecule has 1 spiro atoms. The van der Waals surface area contributed by atoms with Gasteiger partial charge in [-0.1, -0.05) is 0 Å². The molecule has 21 heavy (non-hydrogen) atoms. The minimum absolute atomic E-state index is 0.0445. The molecule has 2 fully saturated rings. The maximum atomic E-state index is 11.9. The first-order valence-electron chi connectivity index (χ1n) is 7.24. The number of hydrogen-bond donors (Lipinski definition) is 0. The summed E-state index contributed by atoms with van der Waals surface area (Å²) in [6.45, 7) is 2.66. The third kappa shape index (κ3) is 2.68. The van der Waals surface area contributed by atoms with Gasteiger partial charge in [0.2, 0.25) is 0 Å². The Morgan fingerprint density at radius 1 is 1.57 bits per heavy atom. The van der Waals surface area contributed by atoms with Crippen LogP contribution in [0.1, 0.15) is 6.42 Å². The molecule has 0 bridgehead atoms. The van der Waals surface area contributed by atoms with Crippen molar-refractivity contribution in [3.05, 3.63) is 24.5 Å². The van der Waals surface area contributed by atoms with Gasteiger partial charge in [-0.15, -0.1) is 0 Å². The number of carbonyl (C=O) groups is 1. The molecule has 2 aliphatic heterocycles. The van der Waals surface area contributed by atoms with E-state index < -0.39 is 0 Å². The Balaban J connectivity index is 1.56. The van der Waals surface area contributed by atoms with Crippen molar-refractivity contribution in [2.24, 2.45) is 5.92 Å². The fourth-order valence-corrected chi connectivity index (χ4v) is 3.02. The monoisotopic (exact) mass is 291 g/mol. The number of ether oxygens (including phenoxy) is 2. The van der Waals surface area contributed by atoms with E-state index >= 15 is 0 Å². The molecule has 3 heterocycles. The molecule has 0 saturated carbocycles. The molecule has 6 heteroatoms. The summed E-state index contributed by atoms with van der Waals surface area (Å²) in [5.74, 6) is 1.10. The molecule has 0 N–H and O–H groups in total. The van der Waals surface area contributed by atoms with Crippen LogP contribution in [0.5, 0.6) is 5.75 Å². The van der Waals surface area contributed by atoms with E-state index in [0.29, 0.717) is 25.6 Å². The van der Waals surface area contributed by atoms with Gasteiger partial charge in [0.15, 0.2) is 0 Å². The first kappa shape index (κ1) is 14.1. The van der Waals surface area contributed by atoms with Crippen LogP contribution in [-0.4, -0.2) is 66.8 Å². The number of hydrogen-bond acceptors (Lipinski definition) is 4. The number of aromatic nitrogens is 1. The summed E-state index contributed by atoms with van der Waals surface area (Å²) in [5, 5.41) is 0. The van der Waals surface area contributed by atoms with Crippen molar-refractivity contribution in [3.63, 3.8) is 0 Å². The first-order valence-corrected chi connectivity index (χ1v) is 7.24. The summed E-state index contributed by atoms with van der Waals surface area (Å²) in [4.78, 5) is 19.4. The number of urea groups is 1. The summed E-state index contributed by atoms with van der Waals surface area (Å²) >= 11 is 0. The zero-order valence-corrected chi connectivity index (χ0v) is 12.5. The standard InChI is InChI=1S/C15H21N3O3/c1-17(2)14(19)18-10-15(11-18)12(5-7-21-15)9-20-13-4-3-6-16-8-13/h3-4,6,8,12H,5,7,9-11H2,1-2H3/t12-/m1/s1. The summed E-state index contributed by atoms with van der Waals surface area (Å²) in [7, 11) is 3.54. The number of nitrogens with zero attached hydrogens (tertiary/aromatic N) is 3. The maximum Gasteiger partial charge on any atom is 0.319 e. The van der Waals surface area contributed by atoms with Crippen molar-refractivity contribution >= 4 is 6.03 Å². The number of likely N-dealkylation sites (tertiary alicyclic amines) is 1. The van der Waals surface area contributed by atoms with Gasteiger partial charge in [-0.25, -0.2) is 4.79 Å². The lowest BCUT2D eigenvalue weighted by atomic mass is 9.81. The molecular formula is C15H21N3O3. The molecule has 0 radical (unpaired) electrons. The molecule has 3 rings (SSSR count). The van der Waals surface area contributed by atoms with Gasteiger partial charge < -0.3 is 19.3 Å². The zero-order chi connectivity index (χ0) is 14.9. The van der Waals surface area contributed by atoms with Gasteiger partial charge in [-0.3, -0.25) is 4.98 Å². The van der Waals surface area contributed by atoms with Gasteiger partial charge in [0.1, 0.15) is 11.4 Å². The third-order valence-electron chi connectivity index (χ3n) is 4.26. The van der Waals surface area contributed by atoms with E-state index in [1.54, 1.807) is 31.4 Å². The minimum Gasteiger partial charge on any atom is -0.492 e. The first-order chi connectivity index (χ1) is 10.1. The number of carbonyl (C=O) groups excluding carboxylic acids is 1. The van der Waals surface area contributed by atoms with Gasteiger partial charge >= 0.3 is 6.03 Å². The largest absolute Gasteiger partial charge is 0.492 e. The number of rotatable bonds is 3. The van der Waals surface area contributed by atoms with Crippen LogP contribution in [-0.2, 0) is 4.74 Å². The maximum absolute atomic E-state index is 11.9. The molecular weight excluding hydrogens is 270 g/mol. The number of pyridine rings is 1. The van der Waals surface area contributed by atoms with E-state index in [1.165, 1.54) is 0 Å². The fraction of sp³-hybridized carbons (Fsp3) is 0.600. The fourth-order valence-electron chi connectivity index (χ4n) is 3.02. The van der Waals surface area contributed by atoms with E-state index in [4.69, 9.17) is 9.47 Å². The molecule has 1 aromatic heterocycles. The van der Waals surface area contributed by atoms with E-state index in [-0.39, 0.29) is 11.6 Å². The van der Waals surface area contributed by atoms with Crippen molar-refractivity contribution in [1.82, 2.24) is 14.8 Å². The lowest BCUT2D eigenvalue weighted by Crippen LogP contribution is -2.68. The second kappa shape index (κ2) is 5.52. The van der Waals surface area contributed by atoms with Crippen LogP contribution < -0.4 is 4.74 Å². The highest BCUT2D eigenvalue weighted by Crippen LogP contribution is 2.40. The van der Waals surface area contributed by atoms with Crippen LogP contribution in [0.15, 0.2) is 24.5 Å². The van der Waals surface area contributed by atoms with E-state index in [0.717, 1.165) is 18.8 Å². The molecule has 2 aliphatic rings. The molecule has 0 unspecified atom stereocenters. The zero-order valence-electron chi connectivity index (χ0n) is 12.5. The highest BCUT2D eigenvalue weighted by atomic mass is 16.5. The molecule has 1 atom stereocenters. The molecule has 0 aromatic carbocycles. The second-order valence-corrected chi connectivity index (χ2v) is 5.93. The topological polar surface area (TPSA) is 54.9 Å². The Bertz CT molecular complexity index is 500. The smallest absolute Gasteiger partial charge is 0.319 e. The average molecular weight is 291 g/mol. The van der Waals surface area contributed by atoms with E-state index in [9.17, 15) is 4.79 Å². The van der Waals surface area contributed by atoms with Gasteiger partial charge in [0.25, 0.3) is 0 Å². The highest BCUT2D eigenvalue weighted by molar-refractivity contribution is 5.75. The van der Waals surface area contributed by atoms with Crippen LogP contribution in [0.25, 0.3) is 0 Å². The lowest BCUT2D eigenvalue weighted by molar-refractivity contribution is -0.122. The van der Waals surface area contributed by atoms with Crippen molar-refractivity contribution in [2.75, 3.05) is 40.4 Å². The molecule has 2 amide bonds. The predicted octanol–water partition coefficient (Wildman–Crippen LogP) is 1.23. The van der Waals surface area contributed by atoms with Gasteiger partial charge in [-0.05, 0) is 18.6 Å². The van der Waals surface area contributed by atoms with Crippen molar-refractivity contribution < 1.29 is 14.3 Å². The SMILES string of the molecule is CN(C)C(=O)N1CC2(C1)OCC[C@@H]2COc1cccnc1. The number of amides is 2. The molecule has 2 saturated heterocycles. The van der Waals surface area contributed by atoms with E-state index in [2.05, 4.69) is 4.98 Å². The predicted molar refractivity (Wildman–Crippen MR) is 77.2 cm³/mol. The van der Waals surface area contributed by atoms with Crippen molar-refractivity contribution in [2.45, 2.75) is 12.0 Å². The van der Waals surface area contributed by atoms with Gasteiger partial charge in [-0.2, -0.15) is 0 Å². The Hall–Kier alpha value is -1.82. The molecule has 6 nitrogen and oxygen atoms in total. The molecule has 1 aromatic rings. The van der Waals surface area contributed by atoms with Crippen molar-refractivity contribution in [3.8, 4) is 5.75 Å². The quantitative estimate of drug-likeness (QED) is 0.840. The third-order valence-corrected chi connectivity index (χ3v) is 4.26. The van der Waals surface area contributed by atoms with Crippen LogP contribution in [0.2, 0.25) is 0 Å². The Labute approximate surface area is 124 Å². The van der Waals surface area contributed by atoms with Crippen LogP contribution in [0.3, 0.4) is 0 Å². The Morgan fingerprint density at radius 2 is 2.38 bits per heavy atom. The second-order valence-electron chi connectivity index (χ2n) is 5.93. The van der Waals surface area contributed by atoms with Crippen LogP contribution in [0, 0.1) is 5.92 Å². The summed E-state index contributed by atoms with van der Waals surface area (Å²) in [5.41, 5.74) is -0.214. The van der Waals surface area contributed by atoms with Gasteiger partial charge in [0, 0.05) is 32.8 Å². The Morgan fingerprint density at radius 3 is 3.05 bits per heavy atom. The average Bonchev–Trinajstić information content (AvgIpc) is 2.87. The lowest BCUT2D eigenvalue weighted by Gasteiger charge is -2.50. The summed E-state index contributed by atoms with van der Waals surface area (Å²) in [6.07, 6.45) is 4.42. The van der Waals surface area contributed by atoms with E-state index in [1.807, 2.05) is 17.0 Å². The molecule has 114 valence electrons. The normalized spacial score (nSPS) is 23.0. The Kier molecular flexibility index (Phi) is 3.71. The van der Waals surface area contributed by atoms with Crippen LogP contribution in [0.4, 0.5) is 4.79 Å². The van der Waals surface area contributed by atoms with Gasteiger partial charge in [0.05, 0.1) is 25.9 Å². The summed E-state index contributed by atoms with van der Waals surface area (Å²) < 4.78 is 11.7. The van der Waals surface area contributed by atoms with Crippen molar-refractivity contribution in [1.29, 1.82) is 0 Å². The van der Waals surface area contributed by atoms with Crippen LogP contribution >= 0.6 is 0 Å². The minimum atomic E-state index is -0.214. The highest BCUT2D eigenvalue weighted by Gasteiger charge is 2.55. The summed E-state index contributed by atoms with van der Waals surface area (Å²) in [6, 6.07) is 3.80. The molecule has 0 aliphatic carbocycles.